The third-order valence-corrected chi connectivity index (χ3v) is 6.46. The van der Waals surface area contributed by atoms with Gasteiger partial charge in [0.2, 0.25) is 11.8 Å². The fourth-order valence-corrected chi connectivity index (χ4v) is 4.64. The number of nitrogens with zero attached hydrogens (tertiary/aromatic N) is 2. The Kier molecular flexibility index (Phi) is 6.25. The lowest BCUT2D eigenvalue weighted by molar-refractivity contribution is -0.143. The largest absolute Gasteiger partial charge is 0.467 e. The van der Waals surface area contributed by atoms with E-state index in [1.54, 1.807) is 23.3 Å². The second-order valence-electron chi connectivity index (χ2n) is 8.91. The van der Waals surface area contributed by atoms with Crippen molar-refractivity contribution in [2.75, 3.05) is 4.90 Å². The molecule has 1 unspecified atom stereocenters. The van der Waals surface area contributed by atoms with E-state index in [0.29, 0.717) is 17.4 Å². The van der Waals surface area contributed by atoms with Gasteiger partial charge in [0, 0.05) is 5.92 Å². The number of amides is 3. The summed E-state index contributed by atoms with van der Waals surface area (Å²) >= 11 is 0. The average molecular weight is 423 g/mol. The van der Waals surface area contributed by atoms with Crippen molar-refractivity contribution in [1.29, 1.82) is 0 Å². The highest BCUT2D eigenvalue weighted by Crippen LogP contribution is 2.32. The van der Waals surface area contributed by atoms with Crippen LogP contribution in [0.15, 0.2) is 47.1 Å². The highest BCUT2D eigenvalue weighted by Gasteiger charge is 2.45. The summed E-state index contributed by atoms with van der Waals surface area (Å²) in [7, 11) is 0. The van der Waals surface area contributed by atoms with Crippen molar-refractivity contribution in [3.8, 4) is 0 Å². The zero-order valence-corrected chi connectivity index (χ0v) is 18.3. The second-order valence-corrected chi connectivity index (χ2v) is 8.91. The van der Waals surface area contributed by atoms with Crippen molar-refractivity contribution in [2.24, 2.45) is 5.92 Å². The first kappa shape index (κ1) is 21.3. The Bertz CT molecular complexity index is 927. The monoisotopic (exact) mass is 422 g/mol. The third kappa shape index (κ3) is 4.43. The average Bonchev–Trinajstić information content (AvgIpc) is 3.39. The summed E-state index contributed by atoms with van der Waals surface area (Å²) in [6, 6.07) is 10.3. The van der Waals surface area contributed by atoms with Gasteiger partial charge in [-0.05, 0) is 48.6 Å². The molecule has 4 rings (SSSR count). The van der Waals surface area contributed by atoms with Crippen molar-refractivity contribution in [3.05, 3.63) is 54.0 Å². The van der Waals surface area contributed by atoms with Gasteiger partial charge in [0.25, 0.3) is 5.91 Å². The van der Waals surface area contributed by atoms with E-state index in [0.717, 1.165) is 37.7 Å². The Morgan fingerprint density at radius 1 is 1.10 bits per heavy atom. The molecular weight excluding hydrogens is 392 g/mol. The molecule has 2 heterocycles. The van der Waals surface area contributed by atoms with Crippen LogP contribution in [-0.2, 0) is 20.9 Å². The van der Waals surface area contributed by atoms with E-state index in [1.807, 2.05) is 24.3 Å². The maximum absolute atomic E-state index is 13.4. The molecule has 1 atom stereocenters. The van der Waals surface area contributed by atoms with E-state index in [1.165, 1.54) is 4.90 Å². The van der Waals surface area contributed by atoms with Crippen LogP contribution in [0.5, 0.6) is 0 Å². The Morgan fingerprint density at radius 3 is 2.42 bits per heavy atom. The first-order valence-corrected chi connectivity index (χ1v) is 11.3. The van der Waals surface area contributed by atoms with Crippen LogP contribution in [0.1, 0.15) is 69.6 Å². The van der Waals surface area contributed by atoms with Crippen molar-refractivity contribution < 1.29 is 18.8 Å². The number of rotatable bonds is 6. The van der Waals surface area contributed by atoms with E-state index in [4.69, 9.17) is 4.42 Å². The highest BCUT2D eigenvalue weighted by atomic mass is 16.3. The molecule has 2 aromatic rings. The number of carbonyl (C=O) groups is 3. The quantitative estimate of drug-likeness (QED) is 0.636. The van der Waals surface area contributed by atoms with Crippen LogP contribution in [0.3, 0.4) is 0 Å². The molecule has 6 heteroatoms. The number of anilines is 1. The van der Waals surface area contributed by atoms with Crippen LogP contribution in [0.4, 0.5) is 5.69 Å². The van der Waals surface area contributed by atoms with Gasteiger partial charge in [-0.25, -0.2) is 4.90 Å². The van der Waals surface area contributed by atoms with Crippen LogP contribution in [0, 0.1) is 5.92 Å². The predicted octanol–water partition coefficient (Wildman–Crippen LogP) is 4.64. The maximum Gasteiger partial charge on any atom is 0.257 e. The van der Waals surface area contributed by atoms with Crippen molar-refractivity contribution in [1.82, 2.24) is 4.90 Å². The summed E-state index contributed by atoms with van der Waals surface area (Å²) < 4.78 is 5.47. The van der Waals surface area contributed by atoms with Gasteiger partial charge >= 0.3 is 0 Å². The minimum absolute atomic E-state index is 0.00390. The molecular formula is C25H30N2O4. The van der Waals surface area contributed by atoms with Crippen LogP contribution < -0.4 is 4.90 Å². The number of imide groups is 1. The second kappa shape index (κ2) is 9.08. The smallest absolute Gasteiger partial charge is 0.257 e. The van der Waals surface area contributed by atoms with Crippen molar-refractivity contribution in [3.63, 3.8) is 0 Å². The lowest BCUT2D eigenvalue weighted by Crippen LogP contribution is -2.47. The molecule has 2 fully saturated rings. The van der Waals surface area contributed by atoms with Crippen LogP contribution >= 0.6 is 0 Å². The number of hydrogen-bond donors (Lipinski definition) is 0. The molecule has 0 radical (unpaired) electrons. The topological polar surface area (TPSA) is 70.8 Å². The van der Waals surface area contributed by atoms with E-state index in [9.17, 15) is 14.4 Å². The first-order valence-electron chi connectivity index (χ1n) is 11.3. The molecule has 3 amide bonds. The minimum Gasteiger partial charge on any atom is -0.467 e. The van der Waals surface area contributed by atoms with Gasteiger partial charge in [0.05, 0.1) is 24.9 Å². The maximum atomic E-state index is 13.4. The van der Waals surface area contributed by atoms with E-state index in [2.05, 4.69) is 13.8 Å². The number of carbonyl (C=O) groups excluding carboxylic acids is 3. The molecule has 2 aliphatic rings. The van der Waals surface area contributed by atoms with E-state index < -0.39 is 6.04 Å². The molecule has 1 saturated heterocycles. The molecule has 164 valence electrons. The lowest BCUT2D eigenvalue weighted by atomic mass is 9.88. The minimum atomic E-state index is -0.795. The third-order valence-electron chi connectivity index (χ3n) is 6.46. The molecule has 0 bridgehead atoms. The zero-order chi connectivity index (χ0) is 22.0. The summed E-state index contributed by atoms with van der Waals surface area (Å²) in [5, 5.41) is 0. The summed E-state index contributed by atoms with van der Waals surface area (Å²) in [5.74, 6) is 0.240. The van der Waals surface area contributed by atoms with Gasteiger partial charge in [-0.2, -0.15) is 0 Å². The Hall–Kier alpha value is -2.89. The lowest BCUT2D eigenvalue weighted by Gasteiger charge is -2.32. The molecule has 1 aliphatic carbocycles. The molecule has 31 heavy (non-hydrogen) atoms. The standard InChI is InChI=1S/C25H30N2O4/c1-17(2)18-10-12-20(13-11-18)27-23(28)15-22(25(27)30)26(16-21-9-6-14-31-21)24(29)19-7-4-3-5-8-19/h6,9-14,17,19,22H,3-5,7-8,15-16H2,1-2H3. The SMILES string of the molecule is CC(C)c1ccc(N2C(=O)CC(N(Cc3ccco3)C(=O)C3CCCCC3)C2=O)cc1. The Labute approximate surface area is 183 Å². The van der Waals surface area contributed by atoms with Crippen LogP contribution in [0.25, 0.3) is 0 Å². The van der Waals surface area contributed by atoms with Crippen molar-refractivity contribution >= 4 is 23.4 Å². The van der Waals surface area contributed by atoms with Crippen molar-refractivity contribution in [2.45, 2.75) is 70.9 Å². The fraction of sp³-hybridized carbons (Fsp3) is 0.480. The zero-order valence-electron chi connectivity index (χ0n) is 18.3. The summed E-state index contributed by atoms with van der Waals surface area (Å²) in [5.41, 5.74) is 1.70. The normalized spacial score (nSPS) is 20.0. The van der Waals surface area contributed by atoms with Gasteiger partial charge in [-0.1, -0.05) is 45.2 Å². The Balaban J connectivity index is 1.59. The first-order chi connectivity index (χ1) is 15.0. The molecule has 1 aliphatic heterocycles. The van der Waals surface area contributed by atoms with Gasteiger partial charge < -0.3 is 9.32 Å². The highest BCUT2D eigenvalue weighted by molar-refractivity contribution is 6.23. The molecule has 6 nitrogen and oxygen atoms in total. The van der Waals surface area contributed by atoms with Gasteiger partial charge in [-0.3, -0.25) is 14.4 Å². The number of furan rings is 1. The number of benzene rings is 1. The fourth-order valence-electron chi connectivity index (χ4n) is 4.64. The summed E-state index contributed by atoms with van der Waals surface area (Å²) in [6.07, 6.45) is 6.43. The van der Waals surface area contributed by atoms with Gasteiger partial charge in [0.15, 0.2) is 0 Å². The molecule has 1 aromatic heterocycles. The predicted molar refractivity (Wildman–Crippen MR) is 117 cm³/mol. The summed E-state index contributed by atoms with van der Waals surface area (Å²) in [6.45, 7) is 4.40. The number of hydrogen-bond acceptors (Lipinski definition) is 4. The van der Waals surface area contributed by atoms with Gasteiger partial charge in [-0.15, -0.1) is 0 Å². The molecule has 1 saturated carbocycles. The van der Waals surface area contributed by atoms with E-state index >= 15 is 0 Å². The van der Waals surface area contributed by atoms with Crippen LogP contribution in [-0.4, -0.2) is 28.7 Å². The Morgan fingerprint density at radius 2 is 1.81 bits per heavy atom. The molecule has 0 N–H and O–H groups in total. The summed E-state index contributed by atoms with van der Waals surface area (Å²) in [4.78, 5) is 42.5. The molecule has 0 spiro atoms. The van der Waals surface area contributed by atoms with E-state index in [-0.39, 0.29) is 36.6 Å². The van der Waals surface area contributed by atoms with Gasteiger partial charge in [0.1, 0.15) is 11.8 Å². The van der Waals surface area contributed by atoms with Crippen LogP contribution in [0.2, 0.25) is 0 Å². The molecule has 1 aromatic carbocycles.